The van der Waals surface area contributed by atoms with Gasteiger partial charge < -0.3 is 14.8 Å². The van der Waals surface area contributed by atoms with Crippen LogP contribution in [-0.4, -0.2) is 26.2 Å². The second kappa shape index (κ2) is 6.77. The Morgan fingerprint density at radius 2 is 2.25 bits per heavy atom. The van der Waals surface area contributed by atoms with E-state index in [2.05, 4.69) is 19.2 Å². The zero-order valence-corrected chi connectivity index (χ0v) is 12.4. The third-order valence-corrected chi connectivity index (χ3v) is 3.12. The highest BCUT2D eigenvalue weighted by Crippen LogP contribution is 2.40. The molecule has 0 saturated carbocycles. The van der Waals surface area contributed by atoms with Crippen LogP contribution in [0.25, 0.3) is 6.08 Å². The third kappa shape index (κ3) is 3.74. The molecule has 1 N–H and O–H groups in total. The Morgan fingerprint density at radius 1 is 1.45 bits per heavy atom. The maximum absolute atomic E-state index is 11.1. The zero-order valence-electron chi connectivity index (χ0n) is 11.6. The summed E-state index contributed by atoms with van der Waals surface area (Å²) in [5.41, 5.74) is 1.49. The maximum Gasteiger partial charge on any atom is 0.231 e. The highest BCUT2D eigenvalue weighted by atomic mass is 35.5. The molecule has 0 spiro atoms. The quantitative estimate of drug-likeness (QED) is 0.647. The Labute approximate surface area is 123 Å². The van der Waals surface area contributed by atoms with E-state index in [4.69, 9.17) is 21.1 Å². The number of benzene rings is 1. The summed E-state index contributed by atoms with van der Waals surface area (Å²) in [5, 5.41) is 3.73. The molecule has 1 aromatic carbocycles. The third-order valence-electron chi connectivity index (χ3n) is 2.83. The molecule has 0 aliphatic carbocycles. The van der Waals surface area contributed by atoms with Crippen LogP contribution in [0.1, 0.15) is 19.4 Å². The molecule has 5 heteroatoms. The fourth-order valence-corrected chi connectivity index (χ4v) is 2.19. The van der Waals surface area contributed by atoms with Crippen molar-refractivity contribution in [3.05, 3.63) is 28.3 Å². The summed E-state index contributed by atoms with van der Waals surface area (Å²) in [6.07, 6.45) is 2.65. The molecule has 0 amide bonds. The molecule has 108 valence electrons. The lowest BCUT2D eigenvalue weighted by molar-refractivity contribution is -0.104. The molecular weight excluding hydrogens is 278 g/mol. The van der Waals surface area contributed by atoms with Gasteiger partial charge in [0.15, 0.2) is 11.5 Å². The molecule has 2 rings (SSSR count). The maximum atomic E-state index is 11.1. The van der Waals surface area contributed by atoms with Gasteiger partial charge in [-0.1, -0.05) is 25.4 Å². The molecule has 0 saturated heterocycles. The van der Waals surface area contributed by atoms with E-state index in [-0.39, 0.29) is 6.79 Å². The number of hydrogen-bond donors (Lipinski definition) is 1. The Hall–Kier alpha value is -1.52. The minimum Gasteiger partial charge on any atom is -0.454 e. The Kier molecular flexibility index (Phi) is 5.04. The van der Waals surface area contributed by atoms with Crippen LogP contribution in [0, 0.1) is 5.92 Å². The standard InChI is InChI=1S/C15H18ClNO3/c1-10(2)6-17-7-12(8-18)3-11-4-13(16)15-14(5-11)19-9-20-15/h3-5,8,10,17H,6-7,9H2,1-2H3/b12-3-. The minimum absolute atomic E-state index is 0.179. The van der Waals surface area contributed by atoms with E-state index in [0.29, 0.717) is 34.6 Å². The summed E-state index contributed by atoms with van der Waals surface area (Å²) in [6, 6.07) is 3.58. The first-order chi connectivity index (χ1) is 9.60. The van der Waals surface area contributed by atoms with E-state index in [0.717, 1.165) is 18.4 Å². The molecule has 0 radical (unpaired) electrons. The van der Waals surface area contributed by atoms with Crippen LogP contribution in [0.3, 0.4) is 0 Å². The highest BCUT2D eigenvalue weighted by Gasteiger charge is 2.17. The van der Waals surface area contributed by atoms with Crippen molar-refractivity contribution in [2.45, 2.75) is 13.8 Å². The topological polar surface area (TPSA) is 47.6 Å². The molecule has 0 aromatic heterocycles. The van der Waals surface area contributed by atoms with Gasteiger partial charge in [-0.05, 0) is 36.2 Å². The summed E-state index contributed by atoms with van der Waals surface area (Å²) >= 11 is 6.11. The lowest BCUT2D eigenvalue weighted by Crippen LogP contribution is -2.22. The zero-order chi connectivity index (χ0) is 14.5. The van der Waals surface area contributed by atoms with Crippen molar-refractivity contribution in [1.82, 2.24) is 5.32 Å². The number of rotatable bonds is 6. The van der Waals surface area contributed by atoms with Gasteiger partial charge in [0.25, 0.3) is 0 Å². The largest absolute Gasteiger partial charge is 0.454 e. The van der Waals surface area contributed by atoms with E-state index >= 15 is 0 Å². The molecule has 0 fully saturated rings. The van der Waals surface area contributed by atoms with Crippen LogP contribution >= 0.6 is 11.6 Å². The molecule has 1 heterocycles. The number of hydrogen-bond acceptors (Lipinski definition) is 4. The Bertz CT molecular complexity index is 526. The summed E-state index contributed by atoms with van der Waals surface area (Å²) in [5.74, 6) is 1.72. The van der Waals surface area contributed by atoms with E-state index < -0.39 is 0 Å². The van der Waals surface area contributed by atoms with Gasteiger partial charge in [0.2, 0.25) is 6.79 Å². The fourth-order valence-electron chi connectivity index (χ4n) is 1.92. The van der Waals surface area contributed by atoms with E-state index in [1.54, 1.807) is 12.1 Å². The lowest BCUT2D eigenvalue weighted by atomic mass is 10.1. The molecule has 0 bridgehead atoms. The molecule has 0 unspecified atom stereocenters. The van der Waals surface area contributed by atoms with Crippen LogP contribution in [0.5, 0.6) is 11.5 Å². The van der Waals surface area contributed by atoms with Crippen LogP contribution in [-0.2, 0) is 4.79 Å². The molecule has 1 aliphatic rings. The number of aldehydes is 1. The van der Waals surface area contributed by atoms with Gasteiger partial charge >= 0.3 is 0 Å². The van der Waals surface area contributed by atoms with Crippen LogP contribution < -0.4 is 14.8 Å². The number of ether oxygens (including phenoxy) is 2. The minimum atomic E-state index is 0.179. The van der Waals surface area contributed by atoms with E-state index in [1.807, 2.05) is 6.07 Å². The highest BCUT2D eigenvalue weighted by molar-refractivity contribution is 6.32. The van der Waals surface area contributed by atoms with E-state index in [9.17, 15) is 4.79 Å². The first-order valence-electron chi connectivity index (χ1n) is 6.55. The summed E-state index contributed by atoms with van der Waals surface area (Å²) in [7, 11) is 0. The number of carbonyl (C=O) groups excluding carboxylic acids is 1. The monoisotopic (exact) mass is 295 g/mol. The predicted molar refractivity (Wildman–Crippen MR) is 79.3 cm³/mol. The molecule has 4 nitrogen and oxygen atoms in total. The number of nitrogens with one attached hydrogen (secondary N) is 1. The second-order valence-electron chi connectivity index (χ2n) is 5.10. The molecular formula is C15H18ClNO3. The van der Waals surface area contributed by atoms with Gasteiger partial charge in [-0.3, -0.25) is 4.79 Å². The average molecular weight is 296 g/mol. The van der Waals surface area contributed by atoms with Crippen molar-refractivity contribution in [2.75, 3.05) is 19.9 Å². The lowest BCUT2D eigenvalue weighted by Gasteiger charge is -2.07. The number of fused-ring (bicyclic) bond motifs is 1. The van der Waals surface area contributed by atoms with Gasteiger partial charge in [0, 0.05) is 12.1 Å². The SMILES string of the molecule is CC(C)CNC/C(C=O)=C/c1cc(Cl)c2c(c1)OCO2. The van der Waals surface area contributed by atoms with Crippen molar-refractivity contribution in [1.29, 1.82) is 0 Å². The van der Waals surface area contributed by atoms with Crippen LogP contribution in [0.2, 0.25) is 5.02 Å². The Morgan fingerprint density at radius 3 is 2.95 bits per heavy atom. The Balaban J connectivity index is 2.11. The smallest absolute Gasteiger partial charge is 0.231 e. The normalized spacial score (nSPS) is 13.9. The van der Waals surface area contributed by atoms with Gasteiger partial charge in [0.1, 0.15) is 6.29 Å². The number of halogens is 1. The number of carbonyl (C=O) groups is 1. The predicted octanol–water partition coefficient (Wildman–Crippen LogP) is 2.90. The van der Waals surface area contributed by atoms with E-state index in [1.165, 1.54) is 0 Å². The molecule has 1 aromatic rings. The van der Waals surface area contributed by atoms with Crippen LogP contribution in [0.15, 0.2) is 17.7 Å². The summed E-state index contributed by atoms with van der Waals surface area (Å²) in [4.78, 5) is 11.1. The van der Waals surface area contributed by atoms with Gasteiger partial charge in [-0.15, -0.1) is 0 Å². The first-order valence-corrected chi connectivity index (χ1v) is 6.93. The second-order valence-corrected chi connectivity index (χ2v) is 5.51. The van der Waals surface area contributed by atoms with Crippen molar-refractivity contribution in [2.24, 2.45) is 5.92 Å². The van der Waals surface area contributed by atoms with Crippen molar-refractivity contribution >= 4 is 24.0 Å². The van der Waals surface area contributed by atoms with Gasteiger partial charge in [-0.2, -0.15) is 0 Å². The molecule has 1 aliphatic heterocycles. The molecule has 0 atom stereocenters. The van der Waals surface area contributed by atoms with Crippen molar-refractivity contribution < 1.29 is 14.3 Å². The first kappa shape index (κ1) is 14.9. The average Bonchev–Trinajstić information content (AvgIpc) is 2.86. The van der Waals surface area contributed by atoms with Gasteiger partial charge in [-0.25, -0.2) is 0 Å². The summed E-state index contributed by atoms with van der Waals surface area (Å²) < 4.78 is 10.6. The van der Waals surface area contributed by atoms with Gasteiger partial charge in [0.05, 0.1) is 5.02 Å². The fraction of sp³-hybridized carbons (Fsp3) is 0.400. The van der Waals surface area contributed by atoms with Crippen molar-refractivity contribution in [3.63, 3.8) is 0 Å². The van der Waals surface area contributed by atoms with Crippen LogP contribution in [0.4, 0.5) is 0 Å². The van der Waals surface area contributed by atoms with Crippen molar-refractivity contribution in [3.8, 4) is 11.5 Å². The molecule has 20 heavy (non-hydrogen) atoms. The summed E-state index contributed by atoms with van der Waals surface area (Å²) in [6.45, 7) is 5.82.